The van der Waals surface area contributed by atoms with Crippen LogP contribution in [0.25, 0.3) is 16.9 Å². The molecule has 28 heavy (non-hydrogen) atoms. The number of ether oxygens (including phenoxy) is 1. The summed E-state index contributed by atoms with van der Waals surface area (Å²) in [5, 5.41) is 14.6. The first-order valence-corrected chi connectivity index (χ1v) is 9.15. The van der Waals surface area contributed by atoms with Gasteiger partial charge in [-0.1, -0.05) is 12.1 Å². The van der Waals surface area contributed by atoms with Crippen LogP contribution in [0.4, 0.5) is 0 Å². The molecule has 6 heteroatoms. The van der Waals surface area contributed by atoms with Crippen LogP contribution in [0.5, 0.6) is 5.75 Å². The van der Waals surface area contributed by atoms with E-state index in [9.17, 15) is 10.0 Å². The number of hydroxylamine groups is 2. The van der Waals surface area contributed by atoms with E-state index in [0.717, 1.165) is 28.4 Å². The summed E-state index contributed by atoms with van der Waals surface area (Å²) in [6.45, 7) is 4.17. The van der Waals surface area contributed by atoms with Gasteiger partial charge in [0, 0.05) is 25.5 Å². The van der Waals surface area contributed by atoms with Gasteiger partial charge in [0.05, 0.1) is 24.2 Å². The SMILES string of the molecule is COc1ccc(-n2nc(CCC(=O)N(C)O)cc2-c2ccc(C)c(C)c2)cc1. The molecule has 0 aliphatic rings. The number of carbonyl (C=O) groups excluding carboxylic acids is 1. The van der Waals surface area contributed by atoms with Gasteiger partial charge in [0.1, 0.15) is 5.75 Å². The summed E-state index contributed by atoms with van der Waals surface area (Å²) in [5.74, 6) is 0.437. The van der Waals surface area contributed by atoms with Gasteiger partial charge in [-0.05, 0) is 61.4 Å². The molecule has 6 nitrogen and oxygen atoms in total. The van der Waals surface area contributed by atoms with E-state index in [1.54, 1.807) is 7.11 Å². The lowest BCUT2D eigenvalue weighted by molar-refractivity contribution is -0.159. The first-order chi connectivity index (χ1) is 13.4. The maximum atomic E-state index is 11.7. The minimum absolute atomic E-state index is 0.193. The zero-order valence-corrected chi connectivity index (χ0v) is 16.6. The van der Waals surface area contributed by atoms with Gasteiger partial charge in [0.2, 0.25) is 5.91 Å². The second-order valence-electron chi connectivity index (χ2n) is 6.85. The number of hydrogen-bond donors (Lipinski definition) is 1. The molecule has 0 fully saturated rings. The number of aryl methyl sites for hydroxylation is 3. The fraction of sp³-hybridized carbons (Fsp3) is 0.273. The van der Waals surface area contributed by atoms with E-state index < -0.39 is 0 Å². The van der Waals surface area contributed by atoms with Crippen LogP contribution in [0.2, 0.25) is 0 Å². The van der Waals surface area contributed by atoms with E-state index in [1.165, 1.54) is 18.2 Å². The van der Waals surface area contributed by atoms with Crippen molar-refractivity contribution >= 4 is 5.91 Å². The van der Waals surface area contributed by atoms with Crippen LogP contribution < -0.4 is 4.74 Å². The first kappa shape index (κ1) is 19.6. The highest BCUT2D eigenvalue weighted by Gasteiger charge is 2.14. The van der Waals surface area contributed by atoms with Crippen LogP contribution in [-0.2, 0) is 11.2 Å². The maximum Gasteiger partial charge on any atom is 0.246 e. The summed E-state index contributed by atoms with van der Waals surface area (Å²) in [5.41, 5.74) is 6.15. The van der Waals surface area contributed by atoms with Crippen molar-refractivity contribution in [3.63, 3.8) is 0 Å². The highest BCUT2D eigenvalue weighted by atomic mass is 16.5. The summed E-state index contributed by atoms with van der Waals surface area (Å²) in [6.07, 6.45) is 0.643. The molecule has 1 amide bonds. The highest BCUT2D eigenvalue weighted by Crippen LogP contribution is 2.27. The molecule has 3 rings (SSSR count). The molecular formula is C22H25N3O3. The lowest BCUT2D eigenvalue weighted by Crippen LogP contribution is -2.22. The quantitative estimate of drug-likeness (QED) is 0.520. The van der Waals surface area contributed by atoms with Crippen LogP contribution in [0.15, 0.2) is 48.5 Å². The average Bonchev–Trinajstić information content (AvgIpc) is 3.12. The molecular weight excluding hydrogens is 354 g/mol. The lowest BCUT2D eigenvalue weighted by atomic mass is 10.0. The van der Waals surface area contributed by atoms with Crippen molar-refractivity contribution in [2.24, 2.45) is 0 Å². The molecule has 0 radical (unpaired) electrons. The van der Waals surface area contributed by atoms with Gasteiger partial charge in [-0.15, -0.1) is 0 Å². The maximum absolute atomic E-state index is 11.7. The highest BCUT2D eigenvalue weighted by molar-refractivity contribution is 5.75. The molecule has 0 saturated heterocycles. The molecule has 1 aromatic heterocycles. The summed E-state index contributed by atoms with van der Waals surface area (Å²) in [4.78, 5) is 11.7. The Balaban J connectivity index is 2.01. The number of rotatable bonds is 6. The summed E-state index contributed by atoms with van der Waals surface area (Å²) in [7, 11) is 2.97. The third kappa shape index (κ3) is 4.23. The smallest absolute Gasteiger partial charge is 0.246 e. The Kier molecular flexibility index (Phi) is 5.80. The first-order valence-electron chi connectivity index (χ1n) is 9.15. The minimum atomic E-state index is -0.341. The fourth-order valence-corrected chi connectivity index (χ4v) is 2.98. The third-order valence-corrected chi connectivity index (χ3v) is 4.84. The molecule has 0 bridgehead atoms. The van der Waals surface area contributed by atoms with Crippen LogP contribution in [0, 0.1) is 13.8 Å². The van der Waals surface area contributed by atoms with Gasteiger partial charge in [-0.2, -0.15) is 5.10 Å². The number of carbonyl (C=O) groups is 1. The molecule has 3 aromatic rings. The Morgan fingerprint density at radius 3 is 2.43 bits per heavy atom. The molecule has 0 spiro atoms. The van der Waals surface area contributed by atoms with Crippen molar-refractivity contribution in [3.8, 4) is 22.7 Å². The van der Waals surface area contributed by atoms with Crippen molar-refractivity contribution in [1.29, 1.82) is 0 Å². The Labute approximate surface area is 164 Å². The normalized spacial score (nSPS) is 10.8. The van der Waals surface area contributed by atoms with Crippen molar-refractivity contribution in [1.82, 2.24) is 14.8 Å². The second-order valence-corrected chi connectivity index (χ2v) is 6.85. The number of hydrogen-bond acceptors (Lipinski definition) is 4. The number of amides is 1. The monoisotopic (exact) mass is 379 g/mol. The zero-order chi connectivity index (χ0) is 20.3. The van der Waals surface area contributed by atoms with Crippen LogP contribution in [0.1, 0.15) is 23.2 Å². The van der Waals surface area contributed by atoms with Gasteiger partial charge in [-0.3, -0.25) is 10.0 Å². The number of aromatic nitrogens is 2. The van der Waals surface area contributed by atoms with E-state index >= 15 is 0 Å². The van der Waals surface area contributed by atoms with Crippen molar-refractivity contribution in [2.75, 3.05) is 14.2 Å². The molecule has 0 atom stereocenters. The third-order valence-electron chi connectivity index (χ3n) is 4.84. The summed E-state index contributed by atoms with van der Waals surface area (Å²) < 4.78 is 7.13. The average molecular weight is 379 g/mol. The molecule has 146 valence electrons. The van der Waals surface area contributed by atoms with E-state index in [0.29, 0.717) is 11.5 Å². The topological polar surface area (TPSA) is 67.6 Å². The molecule has 2 aromatic carbocycles. The van der Waals surface area contributed by atoms with Crippen molar-refractivity contribution in [3.05, 3.63) is 65.4 Å². The number of nitrogens with zero attached hydrogens (tertiary/aromatic N) is 3. The summed E-state index contributed by atoms with van der Waals surface area (Å²) in [6, 6.07) is 16.0. The van der Waals surface area contributed by atoms with Gasteiger partial charge in [0.25, 0.3) is 0 Å². The summed E-state index contributed by atoms with van der Waals surface area (Å²) >= 11 is 0. The molecule has 1 N–H and O–H groups in total. The fourth-order valence-electron chi connectivity index (χ4n) is 2.98. The van der Waals surface area contributed by atoms with Crippen LogP contribution in [-0.4, -0.2) is 40.1 Å². The van der Waals surface area contributed by atoms with E-state index in [1.807, 2.05) is 35.0 Å². The van der Waals surface area contributed by atoms with Crippen molar-refractivity contribution < 1.29 is 14.7 Å². The second kappa shape index (κ2) is 8.27. The Hall–Kier alpha value is -3.12. The molecule has 0 unspecified atom stereocenters. The van der Waals surface area contributed by atoms with Gasteiger partial charge >= 0.3 is 0 Å². The van der Waals surface area contributed by atoms with Crippen molar-refractivity contribution in [2.45, 2.75) is 26.7 Å². The predicted molar refractivity (Wildman–Crippen MR) is 108 cm³/mol. The molecule has 0 saturated carbocycles. The van der Waals surface area contributed by atoms with Gasteiger partial charge < -0.3 is 4.74 Å². The van der Waals surface area contributed by atoms with E-state index in [4.69, 9.17) is 9.84 Å². The van der Waals surface area contributed by atoms with Gasteiger partial charge in [-0.25, -0.2) is 9.75 Å². The lowest BCUT2D eigenvalue weighted by Gasteiger charge is -2.10. The standard InChI is InChI=1S/C22H25N3O3/c1-15-5-6-17(13-16(15)2)21-14-18(7-12-22(26)24(3)27)23-25(21)19-8-10-20(28-4)11-9-19/h5-6,8-11,13-14,27H,7,12H2,1-4H3. The Bertz CT molecular complexity index is 975. The van der Waals surface area contributed by atoms with E-state index in [2.05, 4.69) is 32.0 Å². The van der Waals surface area contributed by atoms with E-state index in [-0.39, 0.29) is 12.3 Å². The predicted octanol–water partition coefficient (Wildman–Crippen LogP) is 3.94. The molecule has 1 heterocycles. The number of benzene rings is 2. The Morgan fingerprint density at radius 1 is 1.11 bits per heavy atom. The van der Waals surface area contributed by atoms with Crippen LogP contribution >= 0.6 is 0 Å². The Morgan fingerprint density at radius 2 is 1.82 bits per heavy atom. The van der Waals surface area contributed by atoms with Crippen LogP contribution in [0.3, 0.4) is 0 Å². The minimum Gasteiger partial charge on any atom is -0.497 e. The largest absolute Gasteiger partial charge is 0.497 e. The zero-order valence-electron chi connectivity index (χ0n) is 16.6. The van der Waals surface area contributed by atoms with Gasteiger partial charge in [0.15, 0.2) is 0 Å². The molecule has 0 aliphatic heterocycles. The molecule has 0 aliphatic carbocycles. The number of methoxy groups -OCH3 is 1.